The lowest BCUT2D eigenvalue weighted by atomic mass is 10.2. The number of amides is 1. The fourth-order valence-electron chi connectivity index (χ4n) is 2.89. The van der Waals surface area contributed by atoms with Crippen molar-refractivity contribution in [1.29, 1.82) is 0 Å². The summed E-state index contributed by atoms with van der Waals surface area (Å²) in [4.78, 5) is 16.5. The van der Waals surface area contributed by atoms with Crippen LogP contribution in [-0.2, 0) is 14.3 Å². The summed E-state index contributed by atoms with van der Waals surface area (Å²) in [6.45, 7) is 4.40. The van der Waals surface area contributed by atoms with E-state index in [9.17, 15) is 4.79 Å². The van der Waals surface area contributed by atoms with Gasteiger partial charge in [0.25, 0.3) is 5.91 Å². The third-order valence-electron chi connectivity index (χ3n) is 4.11. The van der Waals surface area contributed by atoms with Gasteiger partial charge in [0.15, 0.2) is 6.10 Å². The quantitative estimate of drug-likeness (QED) is 0.825. The molecule has 6 nitrogen and oxygen atoms in total. The molecule has 0 bridgehead atoms. The highest BCUT2D eigenvalue weighted by molar-refractivity contribution is 5.81. The Kier molecular flexibility index (Phi) is 4.80. The summed E-state index contributed by atoms with van der Waals surface area (Å²) >= 11 is 0. The van der Waals surface area contributed by atoms with E-state index in [-0.39, 0.29) is 5.91 Å². The molecule has 120 valence electrons. The maximum absolute atomic E-state index is 12.4. The van der Waals surface area contributed by atoms with Gasteiger partial charge in [0.2, 0.25) is 0 Å². The third-order valence-corrected chi connectivity index (χ3v) is 4.11. The van der Waals surface area contributed by atoms with Crippen LogP contribution in [0.25, 0.3) is 0 Å². The van der Waals surface area contributed by atoms with Crippen LogP contribution in [0.4, 0.5) is 5.69 Å². The first-order valence-corrected chi connectivity index (χ1v) is 7.65. The Morgan fingerprint density at radius 1 is 1.18 bits per heavy atom. The number of nitrogens with zero attached hydrogens (tertiary/aromatic N) is 2. The minimum atomic E-state index is -0.438. The zero-order chi connectivity index (χ0) is 15.4. The van der Waals surface area contributed by atoms with Gasteiger partial charge in [-0.05, 0) is 12.1 Å². The Bertz CT molecular complexity index is 509. The Hall–Kier alpha value is -1.79. The second kappa shape index (κ2) is 6.98. The maximum atomic E-state index is 12.4. The van der Waals surface area contributed by atoms with Crippen LogP contribution in [0, 0.1) is 0 Å². The van der Waals surface area contributed by atoms with Crippen LogP contribution in [0.15, 0.2) is 24.3 Å². The smallest absolute Gasteiger partial charge is 0.254 e. The number of carbonyl (C=O) groups is 1. The summed E-state index contributed by atoms with van der Waals surface area (Å²) in [6, 6.07) is 7.97. The number of methoxy groups -OCH3 is 1. The van der Waals surface area contributed by atoms with Crippen molar-refractivity contribution < 1.29 is 19.0 Å². The third kappa shape index (κ3) is 3.18. The molecule has 2 heterocycles. The average Bonchev–Trinajstić information content (AvgIpc) is 2.62. The first kappa shape index (κ1) is 15.1. The number of hydrogen-bond acceptors (Lipinski definition) is 5. The molecule has 0 radical (unpaired) electrons. The minimum absolute atomic E-state index is 0.0411. The second-order valence-corrected chi connectivity index (χ2v) is 5.42. The van der Waals surface area contributed by atoms with Gasteiger partial charge < -0.3 is 24.0 Å². The molecule has 1 amide bonds. The SMILES string of the molecule is COc1ccccc1N1CCN(C(=O)C2COCCO2)CC1. The van der Waals surface area contributed by atoms with Crippen LogP contribution >= 0.6 is 0 Å². The van der Waals surface area contributed by atoms with E-state index in [2.05, 4.69) is 11.0 Å². The summed E-state index contributed by atoms with van der Waals surface area (Å²) in [6.07, 6.45) is -0.438. The van der Waals surface area contributed by atoms with Crippen LogP contribution < -0.4 is 9.64 Å². The zero-order valence-corrected chi connectivity index (χ0v) is 12.9. The molecule has 0 spiro atoms. The van der Waals surface area contributed by atoms with Gasteiger partial charge in [0.05, 0.1) is 32.6 Å². The highest BCUT2D eigenvalue weighted by Gasteiger charge is 2.30. The molecule has 6 heteroatoms. The molecule has 1 atom stereocenters. The minimum Gasteiger partial charge on any atom is -0.495 e. The van der Waals surface area contributed by atoms with Gasteiger partial charge in [0, 0.05) is 26.2 Å². The fraction of sp³-hybridized carbons (Fsp3) is 0.562. The number of rotatable bonds is 3. The first-order chi connectivity index (χ1) is 10.8. The molecule has 1 unspecified atom stereocenters. The summed E-state index contributed by atoms with van der Waals surface area (Å²) in [5, 5.41) is 0. The molecule has 0 aromatic heterocycles. The number of benzene rings is 1. The van der Waals surface area contributed by atoms with Crippen molar-refractivity contribution in [3.63, 3.8) is 0 Å². The lowest BCUT2D eigenvalue weighted by Crippen LogP contribution is -2.53. The summed E-state index contributed by atoms with van der Waals surface area (Å²) in [7, 11) is 1.68. The van der Waals surface area contributed by atoms with Crippen molar-refractivity contribution in [2.45, 2.75) is 6.10 Å². The number of ether oxygens (including phenoxy) is 3. The molecule has 22 heavy (non-hydrogen) atoms. The van der Waals surface area contributed by atoms with E-state index in [1.54, 1.807) is 7.11 Å². The molecule has 0 aliphatic carbocycles. The van der Waals surface area contributed by atoms with Crippen LogP contribution in [0.5, 0.6) is 5.75 Å². The number of carbonyl (C=O) groups excluding carboxylic acids is 1. The van der Waals surface area contributed by atoms with Crippen molar-refractivity contribution in [3.8, 4) is 5.75 Å². The average molecular weight is 306 g/mol. The van der Waals surface area contributed by atoms with Crippen molar-refractivity contribution in [1.82, 2.24) is 4.90 Å². The van der Waals surface area contributed by atoms with Crippen LogP contribution in [-0.4, -0.2) is 70.0 Å². The molecule has 2 aliphatic heterocycles. The number of para-hydroxylation sites is 2. The topological polar surface area (TPSA) is 51.2 Å². The van der Waals surface area contributed by atoms with E-state index in [0.29, 0.717) is 32.9 Å². The van der Waals surface area contributed by atoms with Crippen molar-refractivity contribution in [2.24, 2.45) is 0 Å². The van der Waals surface area contributed by atoms with Crippen LogP contribution in [0.1, 0.15) is 0 Å². The Balaban J connectivity index is 1.59. The fourth-order valence-corrected chi connectivity index (χ4v) is 2.89. The summed E-state index contributed by atoms with van der Waals surface area (Å²) in [5.74, 6) is 0.908. The Labute approximate surface area is 130 Å². The Morgan fingerprint density at radius 3 is 2.64 bits per heavy atom. The normalized spacial score (nSPS) is 22.5. The van der Waals surface area contributed by atoms with E-state index in [0.717, 1.165) is 24.5 Å². The predicted molar refractivity (Wildman–Crippen MR) is 82.3 cm³/mol. The molecule has 2 saturated heterocycles. The maximum Gasteiger partial charge on any atom is 0.254 e. The van der Waals surface area contributed by atoms with Crippen molar-refractivity contribution in [3.05, 3.63) is 24.3 Å². The van der Waals surface area contributed by atoms with E-state index in [1.165, 1.54) is 0 Å². The second-order valence-electron chi connectivity index (χ2n) is 5.42. The standard InChI is InChI=1S/C16H22N2O4/c1-20-14-5-3-2-4-13(14)17-6-8-18(9-7-17)16(19)15-12-21-10-11-22-15/h2-5,15H,6-12H2,1H3. The summed E-state index contributed by atoms with van der Waals surface area (Å²) < 4.78 is 16.2. The van der Waals surface area contributed by atoms with E-state index < -0.39 is 6.10 Å². The lowest BCUT2D eigenvalue weighted by Gasteiger charge is -2.38. The molecule has 2 fully saturated rings. The van der Waals surface area contributed by atoms with E-state index in [4.69, 9.17) is 14.2 Å². The molecular weight excluding hydrogens is 284 g/mol. The van der Waals surface area contributed by atoms with Gasteiger partial charge in [-0.15, -0.1) is 0 Å². The highest BCUT2D eigenvalue weighted by Crippen LogP contribution is 2.28. The van der Waals surface area contributed by atoms with Crippen molar-refractivity contribution >= 4 is 11.6 Å². The molecule has 1 aromatic carbocycles. The molecule has 0 N–H and O–H groups in total. The first-order valence-electron chi connectivity index (χ1n) is 7.65. The largest absolute Gasteiger partial charge is 0.495 e. The Morgan fingerprint density at radius 2 is 1.95 bits per heavy atom. The summed E-state index contributed by atoms with van der Waals surface area (Å²) in [5.41, 5.74) is 1.08. The van der Waals surface area contributed by atoms with Crippen LogP contribution in [0.3, 0.4) is 0 Å². The van der Waals surface area contributed by atoms with Gasteiger partial charge in [-0.1, -0.05) is 12.1 Å². The van der Waals surface area contributed by atoms with Gasteiger partial charge in [0.1, 0.15) is 5.75 Å². The molecular formula is C16H22N2O4. The molecule has 3 rings (SSSR count). The molecule has 1 aromatic rings. The number of piperazine rings is 1. The van der Waals surface area contributed by atoms with Crippen LogP contribution in [0.2, 0.25) is 0 Å². The van der Waals surface area contributed by atoms with E-state index in [1.807, 2.05) is 23.1 Å². The number of hydrogen-bond donors (Lipinski definition) is 0. The van der Waals surface area contributed by atoms with Gasteiger partial charge in [-0.3, -0.25) is 4.79 Å². The monoisotopic (exact) mass is 306 g/mol. The number of anilines is 1. The van der Waals surface area contributed by atoms with Gasteiger partial charge >= 0.3 is 0 Å². The molecule has 2 aliphatic rings. The molecule has 0 saturated carbocycles. The predicted octanol–water partition coefficient (Wildman–Crippen LogP) is 0.759. The van der Waals surface area contributed by atoms with Gasteiger partial charge in [-0.25, -0.2) is 0 Å². The lowest BCUT2D eigenvalue weighted by molar-refractivity contribution is -0.158. The van der Waals surface area contributed by atoms with E-state index >= 15 is 0 Å². The van der Waals surface area contributed by atoms with Gasteiger partial charge in [-0.2, -0.15) is 0 Å². The van der Waals surface area contributed by atoms with Crippen molar-refractivity contribution in [2.75, 3.05) is 58.0 Å². The zero-order valence-electron chi connectivity index (χ0n) is 12.9. The highest BCUT2D eigenvalue weighted by atomic mass is 16.6.